The molecule has 39 heavy (non-hydrogen) atoms. The van der Waals surface area contributed by atoms with Crippen molar-refractivity contribution in [3.8, 4) is 0 Å². The summed E-state index contributed by atoms with van der Waals surface area (Å²) >= 11 is 0. The van der Waals surface area contributed by atoms with E-state index in [0.717, 1.165) is 23.1 Å². The van der Waals surface area contributed by atoms with Crippen molar-refractivity contribution >= 4 is 23.4 Å². The van der Waals surface area contributed by atoms with Crippen LogP contribution in [-0.2, 0) is 19.1 Å². The van der Waals surface area contributed by atoms with Gasteiger partial charge in [-0.25, -0.2) is 0 Å². The number of hydrogen-bond acceptors (Lipinski definition) is 5. The van der Waals surface area contributed by atoms with Gasteiger partial charge in [-0.1, -0.05) is 56.3 Å². The fourth-order valence-corrected chi connectivity index (χ4v) is 7.15. The summed E-state index contributed by atoms with van der Waals surface area (Å²) < 4.78 is 6.83. The lowest BCUT2D eigenvalue weighted by Gasteiger charge is -2.37. The van der Waals surface area contributed by atoms with Gasteiger partial charge in [-0.3, -0.25) is 14.4 Å². The third-order valence-corrected chi connectivity index (χ3v) is 9.04. The van der Waals surface area contributed by atoms with Gasteiger partial charge >= 0.3 is 0 Å². The first-order chi connectivity index (χ1) is 18.7. The Balaban J connectivity index is 1.62. The highest BCUT2D eigenvalue weighted by atomic mass is 16.5. The molecule has 8 nitrogen and oxygen atoms in total. The van der Waals surface area contributed by atoms with Crippen LogP contribution in [0.4, 0.5) is 5.69 Å². The van der Waals surface area contributed by atoms with Gasteiger partial charge < -0.3 is 25.4 Å². The number of likely N-dealkylation sites (tertiary alicyclic amines) is 1. The monoisotopic (exact) mass is 533 g/mol. The molecule has 0 aliphatic carbocycles. The number of anilines is 1. The molecule has 208 valence electrons. The topological polar surface area (TPSA) is 108 Å². The number of aliphatic hydroxyl groups is 1. The van der Waals surface area contributed by atoms with E-state index >= 15 is 0 Å². The van der Waals surface area contributed by atoms with Gasteiger partial charge in [-0.05, 0) is 62.3 Å². The van der Waals surface area contributed by atoms with Crippen LogP contribution in [0, 0.1) is 25.7 Å². The summed E-state index contributed by atoms with van der Waals surface area (Å²) in [6, 6.07) is 13.3. The summed E-state index contributed by atoms with van der Waals surface area (Å²) in [6.07, 6.45) is 2.42. The molecule has 5 rings (SSSR count). The van der Waals surface area contributed by atoms with E-state index in [4.69, 9.17) is 4.74 Å². The van der Waals surface area contributed by atoms with Crippen molar-refractivity contribution < 1.29 is 24.2 Å². The zero-order valence-corrected chi connectivity index (χ0v) is 23.2. The SMILES string of the molecule is CCCNC(=O)[C@@H]1[C@H]2C(=O)N([C@H](CO)c3ccccc3)C(C(=O)Nc3cc(C)ccc3C)C23CC[C@@]1(CC)O3. The predicted octanol–water partition coefficient (Wildman–Crippen LogP) is 3.66. The van der Waals surface area contributed by atoms with Crippen LogP contribution in [0.5, 0.6) is 0 Å². The maximum atomic E-state index is 14.5. The fraction of sp³-hybridized carbons (Fsp3) is 0.516. The van der Waals surface area contributed by atoms with E-state index in [2.05, 4.69) is 10.6 Å². The average molecular weight is 534 g/mol. The number of benzene rings is 2. The number of rotatable bonds is 9. The van der Waals surface area contributed by atoms with E-state index in [1.165, 1.54) is 4.90 Å². The fourth-order valence-electron chi connectivity index (χ4n) is 7.15. The lowest BCUT2D eigenvalue weighted by atomic mass is 9.65. The molecule has 0 saturated carbocycles. The molecule has 3 amide bonds. The Morgan fingerprint density at radius 1 is 1.10 bits per heavy atom. The highest BCUT2D eigenvalue weighted by Gasteiger charge is 2.79. The molecule has 3 aliphatic rings. The Labute approximate surface area is 230 Å². The molecule has 3 fully saturated rings. The van der Waals surface area contributed by atoms with Crippen LogP contribution < -0.4 is 10.6 Å². The molecule has 6 atom stereocenters. The Morgan fingerprint density at radius 2 is 1.85 bits per heavy atom. The van der Waals surface area contributed by atoms with Crippen LogP contribution >= 0.6 is 0 Å². The number of nitrogens with zero attached hydrogens (tertiary/aromatic N) is 1. The molecule has 2 unspecified atom stereocenters. The first-order valence-corrected chi connectivity index (χ1v) is 14.1. The van der Waals surface area contributed by atoms with Crippen LogP contribution in [0.3, 0.4) is 0 Å². The van der Waals surface area contributed by atoms with Crippen molar-refractivity contribution in [2.24, 2.45) is 11.8 Å². The molecule has 3 N–H and O–H groups in total. The summed E-state index contributed by atoms with van der Waals surface area (Å²) in [5.41, 5.74) is 1.33. The van der Waals surface area contributed by atoms with E-state index < -0.39 is 35.1 Å². The third-order valence-electron chi connectivity index (χ3n) is 9.04. The molecule has 1 spiro atoms. The van der Waals surface area contributed by atoms with Crippen molar-refractivity contribution in [3.05, 3.63) is 65.2 Å². The van der Waals surface area contributed by atoms with Gasteiger partial charge in [0.15, 0.2) is 0 Å². The second-order valence-electron chi connectivity index (χ2n) is 11.3. The standard InChI is InChI=1S/C31H39N3O5/c1-5-16-32-27(36)24-25-29(38)34(23(18-35)21-10-8-7-9-11-21)26(31(25)15-14-30(24,6-2)39-31)28(37)33-22-17-19(3)12-13-20(22)4/h7-13,17,23-26,35H,5-6,14-16,18H2,1-4H3,(H,32,36)(H,33,37)/t23-,24+,25+,26?,30-,31?/m1/s1. The van der Waals surface area contributed by atoms with Crippen molar-refractivity contribution in [3.63, 3.8) is 0 Å². The number of amides is 3. The Hall–Kier alpha value is -3.23. The number of aliphatic hydroxyl groups excluding tert-OH is 1. The quantitative estimate of drug-likeness (QED) is 0.456. The molecule has 0 aromatic heterocycles. The average Bonchev–Trinajstić information content (AvgIpc) is 3.54. The van der Waals surface area contributed by atoms with E-state index in [0.29, 0.717) is 31.5 Å². The van der Waals surface area contributed by atoms with Gasteiger partial charge in [0.2, 0.25) is 17.7 Å². The normalized spacial score (nSPS) is 29.8. The Morgan fingerprint density at radius 3 is 2.51 bits per heavy atom. The maximum Gasteiger partial charge on any atom is 0.250 e. The van der Waals surface area contributed by atoms with Gasteiger partial charge in [-0.2, -0.15) is 0 Å². The predicted molar refractivity (Wildman–Crippen MR) is 148 cm³/mol. The number of carbonyl (C=O) groups is 3. The first-order valence-electron chi connectivity index (χ1n) is 14.1. The van der Waals surface area contributed by atoms with Gasteiger partial charge in [0, 0.05) is 12.2 Å². The van der Waals surface area contributed by atoms with E-state index in [-0.39, 0.29) is 24.3 Å². The molecule has 3 aliphatic heterocycles. The lowest BCUT2D eigenvalue weighted by Crippen LogP contribution is -2.54. The minimum absolute atomic E-state index is 0.200. The van der Waals surface area contributed by atoms with Crippen molar-refractivity contribution in [2.75, 3.05) is 18.5 Å². The van der Waals surface area contributed by atoms with Gasteiger partial charge in [0.25, 0.3) is 0 Å². The van der Waals surface area contributed by atoms with Crippen molar-refractivity contribution in [1.82, 2.24) is 10.2 Å². The van der Waals surface area contributed by atoms with Crippen molar-refractivity contribution in [2.45, 2.75) is 76.7 Å². The molecule has 2 bridgehead atoms. The smallest absolute Gasteiger partial charge is 0.250 e. The molecule has 2 aromatic carbocycles. The van der Waals surface area contributed by atoms with Crippen LogP contribution in [0.25, 0.3) is 0 Å². The molecule has 8 heteroatoms. The summed E-state index contributed by atoms with van der Waals surface area (Å²) in [6.45, 7) is 7.99. The first kappa shape index (κ1) is 27.3. The van der Waals surface area contributed by atoms with Crippen LogP contribution in [-0.4, -0.2) is 58.1 Å². The molecule has 3 saturated heterocycles. The Bertz CT molecular complexity index is 1270. The van der Waals surface area contributed by atoms with Crippen LogP contribution in [0.2, 0.25) is 0 Å². The van der Waals surface area contributed by atoms with E-state index in [1.54, 1.807) is 0 Å². The maximum absolute atomic E-state index is 14.5. The summed E-state index contributed by atoms with van der Waals surface area (Å²) in [5, 5.41) is 16.7. The highest BCUT2D eigenvalue weighted by Crippen LogP contribution is 2.65. The molecule has 2 aromatic rings. The van der Waals surface area contributed by atoms with Gasteiger partial charge in [0.05, 0.1) is 30.1 Å². The number of aryl methyl sites for hydroxylation is 2. The number of fused-ring (bicyclic) bond motifs is 1. The van der Waals surface area contributed by atoms with Crippen LogP contribution in [0.1, 0.15) is 62.3 Å². The van der Waals surface area contributed by atoms with Crippen molar-refractivity contribution in [1.29, 1.82) is 0 Å². The number of ether oxygens (including phenoxy) is 1. The number of carbonyl (C=O) groups excluding carboxylic acids is 3. The lowest BCUT2D eigenvalue weighted by molar-refractivity contribution is -0.149. The second kappa shape index (κ2) is 10.4. The minimum Gasteiger partial charge on any atom is -0.394 e. The van der Waals surface area contributed by atoms with E-state index in [1.807, 2.05) is 76.2 Å². The number of nitrogens with one attached hydrogen (secondary N) is 2. The molecular weight excluding hydrogens is 494 g/mol. The second-order valence-corrected chi connectivity index (χ2v) is 11.3. The zero-order chi connectivity index (χ0) is 27.9. The summed E-state index contributed by atoms with van der Waals surface area (Å²) in [4.78, 5) is 43.8. The van der Waals surface area contributed by atoms with E-state index in [9.17, 15) is 19.5 Å². The minimum atomic E-state index is -1.16. The summed E-state index contributed by atoms with van der Waals surface area (Å²) in [7, 11) is 0. The van der Waals surface area contributed by atoms with Gasteiger partial charge in [-0.15, -0.1) is 0 Å². The largest absolute Gasteiger partial charge is 0.394 e. The number of hydrogen-bond donors (Lipinski definition) is 3. The molecule has 0 radical (unpaired) electrons. The van der Waals surface area contributed by atoms with Crippen LogP contribution in [0.15, 0.2) is 48.5 Å². The molecule has 3 heterocycles. The van der Waals surface area contributed by atoms with Gasteiger partial charge in [0.1, 0.15) is 11.6 Å². The summed E-state index contributed by atoms with van der Waals surface area (Å²) in [5.74, 6) is -2.39. The highest BCUT2D eigenvalue weighted by molar-refractivity contribution is 6.04. The zero-order valence-electron chi connectivity index (χ0n) is 23.2. The Kier molecular flexibility index (Phi) is 7.29. The molecular formula is C31H39N3O5. The third kappa shape index (κ3) is 4.25.